The van der Waals surface area contributed by atoms with E-state index in [0.717, 1.165) is 16.5 Å². The van der Waals surface area contributed by atoms with Crippen LogP contribution in [-0.4, -0.2) is 0 Å². The second-order valence-electron chi connectivity index (χ2n) is 4.95. The maximum atomic E-state index is 13.0. The first-order valence-corrected chi connectivity index (χ1v) is 7.66. The second kappa shape index (κ2) is 7.00. The van der Waals surface area contributed by atoms with Crippen molar-refractivity contribution in [3.63, 3.8) is 0 Å². The van der Waals surface area contributed by atoms with Gasteiger partial charge in [0.05, 0.1) is 0 Å². The Labute approximate surface area is 128 Å². The van der Waals surface area contributed by atoms with Gasteiger partial charge in [-0.3, -0.25) is 0 Å². The first kappa shape index (κ1) is 15.2. The highest BCUT2D eigenvalue weighted by atomic mass is 79.9. The molecular weight excluding hydrogens is 317 g/mol. The Balaban J connectivity index is 2.09. The highest BCUT2D eigenvalue weighted by Crippen LogP contribution is 2.23. The predicted octanol–water partition coefficient (Wildman–Crippen LogP) is 5.39. The summed E-state index contributed by atoms with van der Waals surface area (Å²) in [6, 6.07) is 15.5. The summed E-state index contributed by atoms with van der Waals surface area (Å²) in [5.74, 6) is -0.190. The van der Waals surface area contributed by atoms with E-state index < -0.39 is 0 Å². The molecular formula is C17H19BrFN. The number of rotatable bonds is 5. The maximum absolute atomic E-state index is 13.0. The molecule has 106 valence electrons. The molecule has 20 heavy (non-hydrogen) atoms. The molecule has 0 spiro atoms. The molecule has 0 aliphatic heterocycles. The lowest BCUT2D eigenvalue weighted by Gasteiger charge is -2.23. The zero-order chi connectivity index (χ0) is 14.5. The predicted molar refractivity (Wildman–Crippen MR) is 85.1 cm³/mol. The summed E-state index contributed by atoms with van der Waals surface area (Å²) in [4.78, 5) is 0. The molecule has 3 heteroatoms. The summed E-state index contributed by atoms with van der Waals surface area (Å²) in [5, 5.41) is 3.60. The van der Waals surface area contributed by atoms with Gasteiger partial charge in [0.2, 0.25) is 0 Å². The third-order valence-corrected chi connectivity index (χ3v) is 4.03. The fourth-order valence-electron chi connectivity index (χ4n) is 2.29. The van der Waals surface area contributed by atoms with Gasteiger partial charge >= 0.3 is 0 Å². The Morgan fingerprint density at radius 1 is 1.00 bits per heavy atom. The van der Waals surface area contributed by atoms with Gasteiger partial charge in [0.25, 0.3) is 0 Å². The van der Waals surface area contributed by atoms with Gasteiger partial charge in [-0.05, 0) is 48.7 Å². The molecule has 2 aromatic rings. The minimum Gasteiger partial charge on any atom is -0.303 e. The number of halogens is 2. The molecule has 0 heterocycles. The van der Waals surface area contributed by atoms with Gasteiger partial charge in [-0.15, -0.1) is 0 Å². The number of hydrogen-bond acceptors (Lipinski definition) is 1. The van der Waals surface area contributed by atoms with Crippen LogP contribution >= 0.6 is 15.9 Å². The topological polar surface area (TPSA) is 12.0 Å². The van der Waals surface area contributed by atoms with Crippen molar-refractivity contribution in [2.45, 2.75) is 32.4 Å². The summed E-state index contributed by atoms with van der Waals surface area (Å²) in [6.07, 6.45) is 0.965. The molecule has 0 aliphatic rings. The van der Waals surface area contributed by atoms with Gasteiger partial charge in [0, 0.05) is 16.6 Å². The minimum atomic E-state index is -0.190. The molecule has 1 nitrogen and oxygen atoms in total. The molecule has 2 aromatic carbocycles. The molecule has 0 amide bonds. The molecule has 2 unspecified atom stereocenters. The highest BCUT2D eigenvalue weighted by molar-refractivity contribution is 9.10. The summed E-state index contributed by atoms with van der Waals surface area (Å²) in [7, 11) is 0. The Bertz CT molecular complexity index is 536. The molecule has 0 saturated carbocycles. The average Bonchev–Trinajstić information content (AvgIpc) is 2.46. The maximum Gasteiger partial charge on any atom is 0.123 e. The van der Waals surface area contributed by atoms with E-state index in [1.54, 1.807) is 0 Å². The second-order valence-corrected chi connectivity index (χ2v) is 5.87. The van der Waals surface area contributed by atoms with Crippen LogP contribution < -0.4 is 5.32 Å². The van der Waals surface area contributed by atoms with Crippen molar-refractivity contribution >= 4 is 15.9 Å². The van der Waals surface area contributed by atoms with Crippen LogP contribution in [0.3, 0.4) is 0 Å². The van der Waals surface area contributed by atoms with Crippen molar-refractivity contribution in [1.82, 2.24) is 5.32 Å². The largest absolute Gasteiger partial charge is 0.303 e. The van der Waals surface area contributed by atoms with Crippen molar-refractivity contribution in [3.05, 3.63) is 69.9 Å². The van der Waals surface area contributed by atoms with Crippen molar-refractivity contribution < 1.29 is 4.39 Å². The van der Waals surface area contributed by atoms with Gasteiger partial charge in [-0.1, -0.05) is 47.1 Å². The van der Waals surface area contributed by atoms with Crippen LogP contribution in [0.2, 0.25) is 0 Å². The van der Waals surface area contributed by atoms with Gasteiger partial charge in [-0.2, -0.15) is 0 Å². The summed E-state index contributed by atoms with van der Waals surface area (Å²) >= 11 is 3.45. The van der Waals surface area contributed by atoms with Gasteiger partial charge in [0.15, 0.2) is 0 Å². The Morgan fingerprint density at radius 3 is 2.10 bits per heavy atom. The van der Waals surface area contributed by atoms with Crippen LogP contribution in [-0.2, 0) is 0 Å². The van der Waals surface area contributed by atoms with Crippen LogP contribution in [0.4, 0.5) is 4.39 Å². The van der Waals surface area contributed by atoms with E-state index in [2.05, 4.69) is 47.2 Å². The Hall–Kier alpha value is -1.19. The third-order valence-electron chi connectivity index (χ3n) is 3.50. The van der Waals surface area contributed by atoms with Crippen LogP contribution in [0, 0.1) is 5.82 Å². The molecule has 0 aliphatic carbocycles. The van der Waals surface area contributed by atoms with Gasteiger partial charge in [0.1, 0.15) is 5.82 Å². The zero-order valence-electron chi connectivity index (χ0n) is 11.7. The summed E-state index contributed by atoms with van der Waals surface area (Å²) in [6.45, 7) is 4.28. The van der Waals surface area contributed by atoms with Crippen molar-refractivity contribution in [1.29, 1.82) is 0 Å². The van der Waals surface area contributed by atoms with Gasteiger partial charge < -0.3 is 5.32 Å². The van der Waals surface area contributed by atoms with Crippen LogP contribution in [0.15, 0.2) is 53.0 Å². The van der Waals surface area contributed by atoms with E-state index in [1.165, 1.54) is 17.7 Å². The Morgan fingerprint density at radius 2 is 1.55 bits per heavy atom. The van der Waals surface area contributed by atoms with Crippen LogP contribution in [0.25, 0.3) is 0 Å². The average molecular weight is 336 g/mol. The standard InChI is InChI=1S/C17H19BrFN/c1-3-17(14-6-10-16(19)11-7-14)20-12(2)13-4-8-15(18)9-5-13/h4-12,17,20H,3H2,1-2H3. The summed E-state index contributed by atoms with van der Waals surface area (Å²) < 4.78 is 14.1. The number of benzene rings is 2. The monoisotopic (exact) mass is 335 g/mol. The van der Waals surface area contributed by atoms with E-state index in [1.807, 2.05) is 24.3 Å². The lowest BCUT2D eigenvalue weighted by Crippen LogP contribution is -2.24. The molecule has 0 aromatic heterocycles. The van der Waals surface area contributed by atoms with Crippen LogP contribution in [0.5, 0.6) is 0 Å². The molecule has 1 N–H and O–H groups in total. The van der Waals surface area contributed by atoms with Crippen molar-refractivity contribution in [3.8, 4) is 0 Å². The van der Waals surface area contributed by atoms with Crippen LogP contribution in [0.1, 0.15) is 43.5 Å². The zero-order valence-corrected chi connectivity index (χ0v) is 13.3. The molecule has 2 rings (SSSR count). The SMILES string of the molecule is CCC(NC(C)c1ccc(Br)cc1)c1ccc(F)cc1. The number of hydrogen-bond donors (Lipinski definition) is 1. The van der Waals surface area contributed by atoms with Crippen molar-refractivity contribution in [2.75, 3.05) is 0 Å². The fourth-order valence-corrected chi connectivity index (χ4v) is 2.56. The highest BCUT2D eigenvalue weighted by Gasteiger charge is 2.13. The fraction of sp³-hybridized carbons (Fsp3) is 0.294. The lowest BCUT2D eigenvalue weighted by molar-refractivity contribution is 0.456. The first-order valence-electron chi connectivity index (χ1n) is 6.87. The molecule has 0 bridgehead atoms. The summed E-state index contributed by atoms with van der Waals surface area (Å²) in [5.41, 5.74) is 2.37. The first-order chi connectivity index (χ1) is 9.60. The molecule has 2 atom stereocenters. The number of nitrogens with one attached hydrogen (secondary N) is 1. The van der Waals surface area contributed by atoms with E-state index in [9.17, 15) is 4.39 Å². The van der Waals surface area contributed by atoms with E-state index in [4.69, 9.17) is 0 Å². The smallest absolute Gasteiger partial charge is 0.123 e. The minimum absolute atomic E-state index is 0.190. The van der Waals surface area contributed by atoms with E-state index in [-0.39, 0.29) is 17.9 Å². The Kier molecular flexibility index (Phi) is 5.32. The van der Waals surface area contributed by atoms with E-state index >= 15 is 0 Å². The molecule has 0 radical (unpaired) electrons. The quantitative estimate of drug-likeness (QED) is 0.772. The lowest BCUT2D eigenvalue weighted by atomic mass is 10.0. The normalized spacial score (nSPS) is 14.0. The molecule has 0 fully saturated rings. The molecule has 0 saturated heterocycles. The van der Waals surface area contributed by atoms with E-state index in [0.29, 0.717) is 0 Å². The third kappa shape index (κ3) is 3.90. The van der Waals surface area contributed by atoms with Gasteiger partial charge in [-0.25, -0.2) is 4.39 Å². The van der Waals surface area contributed by atoms with Crippen molar-refractivity contribution in [2.24, 2.45) is 0 Å².